The summed E-state index contributed by atoms with van der Waals surface area (Å²) in [6.07, 6.45) is 1.97. The third kappa shape index (κ3) is 3.40. The fourth-order valence-electron chi connectivity index (χ4n) is 8.25. The number of para-hydroxylation sites is 3. The Morgan fingerprint density at radius 3 is 1.88 bits per heavy atom. The van der Waals surface area contributed by atoms with E-state index < -0.39 is 0 Å². The summed E-state index contributed by atoms with van der Waals surface area (Å²) in [7, 11) is 0. The van der Waals surface area contributed by atoms with Gasteiger partial charge in [0.25, 0.3) is 0 Å². The number of fused-ring (bicyclic) bond motifs is 9. The highest BCUT2D eigenvalue weighted by atomic mass is 15.0. The normalized spacial score (nSPS) is 12.2. The molecule has 0 saturated heterocycles. The minimum Gasteiger partial charge on any atom is -0.309 e. The van der Waals surface area contributed by atoms with Crippen LogP contribution >= 0.6 is 0 Å². The van der Waals surface area contributed by atoms with Crippen LogP contribution in [0.25, 0.3) is 99.3 Å². The fourth-order valence-corrected chi connectivity index (χ4v) is 8.25. The van der Waals surface area contributed by atoms with Crippen molar-refractivity contribution >= 4 is 54.4 Å². The van der Waals surface area contributed by atoms with Crippen molar-refractivity contribution < 1.29 is 0 Å². The standard InChI is InChI=1S/C45H27N3/c1-2-10-30(11-3-1)47-39-16-8-7-14-33(39)38-26-28(19-22-42(38)47)29-18-20-34-32-13-6-9-17-40(32)48(43(34)27-29)41-23-21-35-31-12-4-5-15-36(31)45-44(35)37(41)24-25-46-45/h1-27H. The van der Waals surface area contributed by atoms with Crippen LogP contribution in [0, 0.1) is 0 Å². The molecule has 11 rings (SSSR count). The minimum absolute atomic E-state index is 1.07. The number of rotatable bonds is 3. The summed E-state index contributed by atoms with van der Waals surface area (Å²) in [5, 5.41) is 7.48. The molecule has 0 radical (unpaired) electrons. The van der Waals surface area contributed by atoms with Gasteiger partial charge in [0, 0.05) is 49.8 Å². The van der Waals surface area contributed by atoms with Crippen LogP contribution in [0.2, 0.25) is 0 Å². The number of pyridine rings is 1. The van der Waals surface area contributed by atoms with Crippen LogP contribution in [0.1, 0.15) is 0 Å². The van der Waals surface area contributed by atoms with E-state index in [0.29, 0.717) is 0 Å². The zero-order valence-electron chi connectivity index (χ0n) is 25.9. The lowest BCUT2D eigenvalue weighted by molar-refractivity contribution is 1.18. The highest BCUT2D eigenvalue weighted by Gasteiger charge is 2.25. The first-order valence-corrected chi connectivity index (χ1v) is 16.5. The number of nitrogens with zero attached hydrogens (tertiary/aromatic N) is 3. The first-order chi connectivity index (χ1) is 23.8. The Kier molecular flexibility index (Phi) is 5.11. The van der Waals surface area contributed by atoms with Crippen molar-refractivity contribution in [1.29, 1.82) is 0 Å². The van der Waals surface area contributed by atoms with E-state index in [1.54, 1.807) is 0 Å². The van der Waals surface area contributed by atoms with Crippen molar-refractivity contribution in [3.05, 3.63) is 164 Å². The molecule has 48 heavy (non-hydrogen) atoms. The molecule has 3 heteroatoms. The number of benzene rings is 7. The maximum Gasteiger partial charge on any atom is 0.0793 e. The first-order valence-electron chi connectivity index (χ1n) is 16.5. The smallest absolute Gasteiger partial charge is 0.0793 e. The molecule has 0 bridgehead atoms. The fraction of sp³-hybridized carbons (Fsp3) is 0. The molecular formula is C45H27N3. The van der Waals surface area contributed by atoms with Gasteiger partial charge in [-0.25, -0.2) is 0 Å². The molecule has 0 spiro atoms. The molecule has 0 unspecified atom stereocenters. The van der Waals surface area contributed by atoms with Gasteiger partial charge in [0.05, 0.1) is 33.4 Å². The Morgan fingerprint density at radius 1 is 0.375 bits per heavy atom. The Bertz CT molecular complexity index is 2910. The maximum atomic E-state index is 4.88. The average Bonchev–Trinajstić information content (AvgIpc) is 3.78. The Hall–Kier alpha value is -6.45. The van der Waals surface area contributed by atoms with Gasteiger partial charge in [-0.3, -0.25) is 4.98 Å². The zero-order chi connectivity index (χ0) is 31.3. The van der Waals surface area contributed by atoms with E-state index >= 15 is 0 Å². The van der Waals surface area contributed by atoms with Crippen molar-refractivity contribution in [2.45, 2.75) is 0 Å². The summed E-state index contributed by atoms with van der Waals surface area (Å²) in [5.74, 6) is 0. The van der Waals surface area contributed by atoms with Gasteiger partial charge in [-0.2, -0.15) is 0 Å². The molecule has 222 valence electrons. The van der Waals surface area contributed by atoms with Crippen LogP contribution in [0.5, 0.6) is 0 Å². The zero-order valence-corrected chi connectivity index (χ0v) is 25.9. The van der Waals surface area contributed by atoms with E-state index in [1.807, 2.05) is 6.20 Å². The molecular weight excluding hydrogens is 583 g/mol. The largest absolute Gasteiger partial charge is 0.309 e. The number of hydrogen-bond donors (Lipinski definition) is 0. The molecule has 1 aliphatic carbocycles. The summed E-state index contributed by atoms with van der Waals surface area (Å²) in [6.45, 7) is 0. The summed E-state index contributed by atoms with van der Waals surface area (Å²) in [5.41, 5.74) is 14.4. The van der Waals surface area contributed by atoms with Crippen molar-refractivity contribution in [1.82, 2.24) is 14.1 Å². The SMILES string of the molecule is c1ccc(-n2c3ccccc3c3cc(-c4ccc5c6ccccc6n(-c6ccc7c8c(nccc68)-c6ccccc6-7)c5c4)ccc32)cc1. The van der Waals surface area contributed by atoms with Gasteiger partial charge >= 0.3 is 0 Å². The molecule has 3 heterocycles. The number of aromatic nitrogens is 3. The minimum atomic E-state index is 1.07. The lowest BCUT2D eigenvalue weighted by atomic mass is 10.0. The molecule has 0 amide bonds. The second-order valence-electron chi connectivity index (χ2n) is 12.8. The lowest BCUT2D eigenvalue weighted by Crippen LogP contribution is -1.96. The highest BCUT2D eigenvalue weighted by molar-refractivity contribution is 6.18. The molecule has 0 atom stereocenters. The highest BCUT2D eigenvalue weighted by Crippen LogP contribution is 2.48. The summed E-state index contributed by atoms with van der Waals surface area (Å²) in [6, 6.07) is 57.5. The van der Waals surface area contributed by atoms with Crippen LogP contribution in [0.4, 0.5) is 0 Å². The van der Waals surface area contributed by atoms with Gasteiger partial charge in [-0.15, -0.1) is 0 Å². The van der Waals surface area contributed by atoms with Crippen LogP contribution in [-0.2, 0) is 0 Å². The van der Waals surface area contributed by atoms with Crippen LogP contribution in [0.15, 0.2) is 164 Å². The average molecular weight is 610 g/mol. The summed E-state index contributed by atoms with van der Waals surface area (Å²) >= 11 is 0. The molecule has 3 aromatic heterocycles. The van der Waals surface area contributed by atoms with E-state index in [2.05, 4.69) is 167 Å². The molecule has 10 aromatic rings. The third-order valence-corrected chi connectivity index (χ3v) is 10.3. The van der Waals surface area contributed by atoms with Crippen molar-refractivity contribution in [2.75, 3.05) is 0 Å². The Balaban J connectivity index is 1.16. The summed E-state index contributed by atoms with van der Waals surface area (Å²) < 4.78 is 4.83. The summed E-state index contributed by atoms with van der Waals surface area (Å²) in [4.78, 5) is 4.88. The number of hydrogen-bond acceptors (Lipinski definition) is 1. The van der Waals surface area contributed by atoms with Crippen molar-refractivity contribution in [3.63, 3.8) is 0 Å². The van der Waals surface area contributed by atoms with Crippen LogP contribution in [-0.4, -0.2) is 14.1 Å². The lowest BCUT2D eigenvalue weighted by Gasteiger charge is -2.13. The van der Waals surface area contributed by atoms with Gasteiger partial charge < -0.3 is 9.13 Å². The predicted octanol–water partition coefficient (Wildman–Crippen LogP) is 11.7. The van der Waals surface area contributed by atoms with Gasteiger partial charge in [0.15, 0.2) is 0 Å². The second-order valence-corrected chi connectivity index (χ2v) is 12.8. The molecule has 3 nitrogen and oxygen atoms in total. The molecule has 1 aliphatic rings. The van der Waals surface area contributed by atoms with Crippen LogP contribution in [0.3, 0.4) is 0 Å². The van der Waals surface area contributed by atoms with Crippen LogP contribution < -0.4 is 0 Å². The van der Waals surface area contributed by atoms with Crippen molar-refractivity contribution in [3.8, 4) is 44.9 Å². The van der Waals surface area contributed by atoms with E-state index in [4.69, 9.17) is 4.98 Å². The third-order valence-electron chi connectivity index (χ3n) is 10.3. The van der Waals surface area contributed by atoms with Gasteiger partial charge in [0.2, 0.25) is 0 Å². The maximum absolute atomic E-state index is 4.88. The molecule has 7 aromatic carbocycles. The first kappa shape index (κ1) is 25.7. The molecule has 0 saturated carbocycles. The van der Waals surface area contributed by atoms with E-state index in [9.17, 15) is 0 Å². The quantitative estimate of drug-likeness (QED) is 0.195. The molecule has 0 fully saturated rings. The predicted molar refractivity (Wildman–Crippen MR) is 200 cm³/mol. The van der Waals surface area contributed by atoms with Gasteiger partial charge in [-0.05, 0) is 76.9 Å². The monoisotopic (exact) mass is 609 g/mol. The van der Waals surface area contributed by atoms with E-state index in [1.165, 1.54) is 93.6 Å². The van der Waals surface area contributed by atoms with Crippen molar-refractivity contribution in [2.24, 2.45) is 0 Å². The topological polar surface area (TPSA) is 22.8 Å². The molecule has 0 N–H and O–H groups in total. The van der Waals surface area contributed by atoms with Gasteiger partial charge in [-0.1, -0.05) is 103 Å². The Morgan fingerprint density at radius 2 is 1.02 bits per heavy atom. The Labute approximate surface area is 276 Å². The van der Waals surface area contributed by atoms with E-state index in [-0.39, 0.29) is 0 Å². The molecule has 0 aliphatic heterocycles. The second kappa shape index (κ2) is 9.54. The van der Waals surface area contributed by atoms with Gasteiger partial charge in [0.1, 0.15) is 0 Å². The van der Waals surface area contributed by atoms with E-state index in [0.717, 1.165) is 5.69 Å².